The van der Waals surface area contributed by atoms with E-state index in [1.54, 1.807) is 18.3 Å². The number of benzene rings is 1. The molecule has 0 radical (unpaired) electrons. The van der Waals surface area contributed by atoms with Crippen LogP contribution in [-0.2, 0) is 6.42 Å². The summed E-state index contributed by atoms with van der Waals surface area (Å²) in [5, 5.41) is 4.47. The fourth-order valence-electron chi connectivity index (χ4n) is 2.47. The van der Waals surface area contributed by atoms with Crippen LogP contribution in [0.5, 0.6) is 0 Å². The van der Waals surface area contributed by atoms with Crippen molar-refractivity contribution < 1.29 is 4.79 Å². The second-order valence-corrected chi connectivity index (χ2v) is 6.77. The van der Waals surface area contributed by atoms with Gasteiger partial charge in [-0.1, -0.05) is 6.92 Å². The van der Waals surface area contributed by atoms with Crippen molar-refractivity contribution in [3.05, 3.63) is 46.1 Å². The number of hydrogen-bond acceptors (Lipinski definition) is 5. The van der Waals surface area contributed by atoms with E-state index in [1.165, 1.54) is 10.4 Å². The predicted molar refractivity (Wildman–Crippen MR) is 96.0 cm³/mol. The minimum atomic E-state index is 0.0681. The number of aromatic nitrogens is 2. The van der Waals surface area contributed by atoms with Crippen LogP contribution in [0.15, 0.2) is 24.3 Å². The lowest BCUT2D eigenvalue weighted by Crippen LogP contribution is -2.01. The Hall–Kier alpha value is -2.27. The molecule has 1 N–H and O–H groups in total. The van der Waals surface area contributed by atoms with E-state index < -0.39 is 0 Å². The number of nitrogens with one attached hydrogen (secondary N) is 1. The smallest absolute Gasteiger partial charge is 0.159 e. The largest absolute Gasteiger partial charge is 0.340 e. The van der Waals surface area contributed by atoms with E-state index in [9.17, 15) is 4.79 Å². The van der Waals surface area contributed by atoms with Crippen LogP contribution < -0.4 is 5.32 Å². The normalized spacial score (nSPS) is 11.0. The molecule has 2 heterocycles. The summed E-state index contributed by atoms with van der Waals surface area (Å²) in [5.41, 5.74) is 2.84. The number of ketones is 1. The number of thiophene rings is 1. The Labute approximate surface area is 139 Å². The maximum Gasteiger partial charge on any atom is 0.159 e. The van der Waals surface area contributed by atoms with Crippen LogP contribution in [0.25, 0.3) is 10.2 Å². The molecule has 5 heteroatoms. The average Bonchev–Trinajstić information content (AvgIpc) is 2.82. The second-order valence-electron chi connectivity index (χ2n) is 5.56. The van der Waals surface area contributed by atoms with Gasteiger partial charge in [0.2, 0.25) is 0 Å². The van der Waals surface area contributed by atoms with Gasteiger partial charge in [-0.05, 0) is 50.6 Å². The van der Waals surface area contributed by atoms with E-state index in [0.29, 0.717) is 5.56 Å². The van der Waals surface area contributed by atoms with Gasteiger partial charge in [-0.2, -0.15) is 0 Å². The standard InChI is InChI=1S/C18H19N3OS/c1-5-15-20-17(16-10(2)12(4)23-18(16)21-15)19-14-8-6-13(7-9-14)11(3)22/h6-9H,5H2,1-4H3,(H,19,20,21). The highest BCUT2D eigenvalue weighted by Crippen LogP contribution is 2.34. The molecule has 0 spiro atoms. The Balaban J connectivity index is 2.06. The Kier molecular flexibility index (Phi) is 4.13. The molecule has 2 aromatic heterocycles. The van der Waals surface area contributed by atoms with Gasteiger partial charge in [0.05, 0.1) is 5.39 Å². The molecular weight excluding hydrogens is 306 g/mol. The van der Waals surface area contributed by atoms with Crippen LogP contribution in [0.4, 0.5) is 11.5 Å². The third-order valence-corrected chi connectivity index (χ3v) is 5.05. The fourth-order valence-corrected chi connectivity index (χ4v) is 3.52. The summed E-state index contributed by atoms with van der Waals surface area (Å²) in [6.07, 6.45) is 0.796. The molecule has 1 aromatic carbocycles. The topological polar surface area (TPSA) is 54.9 Å². The van der Waals surface area contributed by atoms with Crippen molar-refractivity contribution in [1.82, 2.24) is 9.97 Å². The lowest BCUT2D eigenvalue weighted by Gasteiger charge is -2.09. The maximum atomic E-state index is 11.4. The molecule has 23 heavy (non-hydrogen) atoms. The van der Waals surface area contributed by atoms with Crippen molar-refractivity contribution in [3.63, 3.8) is 0 Å². The van der Waals surface area contributed by atoms with Crippen molar-refractivity contribution >= 4 is 38.8 Å². The molecule has 3 rings (SSSR count). The molecule has 0 saturated carbocycles. The van der Waals surface area contributed by atoms with Gasteiger partial charge >= 0.3 is 0 Å². The van der Waals surface area contributed by atoms with Gasteiger partial charge in [-0.3, -0.25) is 4.79 Å². The zero-order valence-electron chi connectivity index (χ0n) is 13.7. The molecule has 3 aromatic rings. The van der Waals surface area contributed by atoms with Gasteiger partial charge in [0.25, 0.3) is 0 Å². The van der Waals surface area contributed by atoms with Gasteiger partial charge in [0, 0.05) is 22.5 Å². The summed E-state index contributed by atoms with van der Waals surface area (Å²) >= 11 is 1.70. The average molecular weight is 325 g/mol. The van der Waals surface area contributed by atoms with Crippen LogP contribution in [0.2, 0.25) is 0 Å². The molecule has 0 fully saturated rings. The Bertz CT molecular complexity index is 881. The summed E-state index contributed by atoms with van der Waals surface area (Å²) in [5.74, 6) is 1.74. The van der Waals surface area contributed by atoms with E-state index in [0.717, 1.165) is 34.0 Å². The third-order valence-electron chi connectivity index (χ3n) is 3.95. The monoisotopic (exact) mass is 325 g/mol. The number of fused-ring (bicyclic) bond motifs is 1. The van der Waals surface area contributed by atoms with Crippen molar-refractivity contribution in [2.45, 2.75) is 34.1 Å². The highest BCUT2D eigenvalue weighted by Gasteiger charge is 2.14. The summed E-state index contributed by atoms with van der Waals surface area (Å²) < 4.78 is 0. The van der Waals surface area contributed by atoms with Gasteiger partial charge in [0.15, 0.2) is 5.78 Å². The van der Waals surface area contributed by atoms with Gasteiger partial charge in [-0.25, -0.2) is 9.97 Å². The molecule has 118 valence electrons. The lowest BCUT2D eigenvalue weighted by molar-refractivity contribution is 0.101. The van der Waals surface area contributed by atoms with Crippen molar-refractivity contribution in [2.24, 2.45) is 0 Å². The predicted octanol–water partition coefficient (Wildman–Crippen LogP) is 4.82. The number of carbonyl (C=O) groups excluding carboxylic acids is 1. The number of anilines is 2. The quantitative estimate of drug-likeness (QED) is 0.699. The first kappa shape index (κ1) is 15.6. The highest BCUT2D eigenvalue weighted by molar-refractivity contribution is 7.18. The first-order valence-corrected chi connectivity index (χ1v) is 8.46. The number of rotatable bonds is 4. The van der Waals surface area contributed by atoms with Crippen molar-refractivity contribution in [1.29, 1.82) is 0 Å². The Morgan fingerprint density at radius 2 is 1.87 bits per heavy atom. The molecular formula is C18H19N3OS. The fraction of sp³-hybridized carbons (Fsp3) is 0.278. The van der Waals surface area contributed by atoms with Crippen LogP contribution in [0.1, 0.15) is 40.5 Å². The molecule has 0 aliphatic carbocycles. The molecule has 0 atom stereocenters. The first-order valence-electron chi connectivity index (χ1n) is 7.64. The number of nitrogens with zero attached hydrogens (tertiary/aromatic N) is 2. The third kappa shape index (κ3) is 2.97. The maximum absolute atomic E-state index is 11.4. The lowest BCUT2D eigenvalue weighted by atomic mass is 10.1. The molecule has 0 aliphatic rings. The van der Waals surface area contributed by atoms with Crippen molar-refractivity contribution in [3.8, 4) is 0 Å². The van der Waals surface area contributed by atoms with Crippen LogP contribution in [-0.4, -0.2) is 15.8 Å². The first-order chi connectivity index (χ1) is 11.0. The molecule has 0 aliphatic heterocycles. The van der Waals surface area contributed by atoms with Gasteiger partial charge in [0.1, 0.15) is 16.5 Å². The zero-order chi connectivity index (χ0) is 16.6. The van der Waals surface area contributed by atoms with Gasteiger partial charge in [-0.15, -0.1) is 11.3 Å². The van der Waals surface area contributed by atoms with Crippen molar-refractivity contribution in [2.75, 3.05) is 5.32 Å². The molecule has 0 bridgehead atoms. The SMILES string of the molecule is CCc1nc(Nc2ccc(C(C)=O)cc2)c2c(C)c(C)sc2n1. The molecule has 0 unspecified atom stereocenters. The minimum absolute atomic E-state index is 0.0681. The number of carbonyl (C=O) groups is 1. The van der Waals surface area contributed by atoms with E-state index in [-0.39, 0.29) is 5.78 Å². The molecule has 0 saturated heterocycles. The number of hydrogen-bond donors (Lipinski definition) is 1. The molecule has 4 nitrogen and oxygen atoms in total. The summed E-state index contributed by atoms with van der Waals surface area (Å²) in [6, 6.07) is 7.47. The van der Waals surface area contributed by atoms with E-state index in [4.69, 9.17) is 0 Å². The highest BCUT2D eigenvalue weighted by atomic mass is 32.1. The van der Waals surface area contributed by atoms with Crippen LogP contribution >= 0.6 is 11.3 Å². The summed E-state index contributed by atoms with van der Waals surface area (Å²) in [4.78, 5) is 23.0. The van der Waals surface area contributed by atoms with Crippen LogP contribution in [0, 0.1) is 13.8 Å². The van der Waals surface area contributed by atoms with Gasteiger partial charge < -0.3 is 5.32 Å². The molecule has 0 amide bonds. The Morgan fingerprint density at radius 3 is 2.48 bits per heavy atom. The van der Waals surface area contributed by atoms with E-state index in [2.05, 4.69) is 36.1 Å². The van der Waals surface area contributed by atoms with Crippen LogP contribution in [0.3, 0.4) is 0 Å². The number of aryl methyl sites for hydroxylation is 3. The zero-order valence-corrected chi connectivity index (χ0v) is 14.5. The summed E-state index contributed by atoms with van der Waals surface area (Å²) in [7, 11) is 0. The van der Waals surface area contributed by atoms with E-state index >= 15 is 0 Å². The summed E-state index contributed by atoms with van der Waals surface area (Å²) in [6.45, 7) is 7.84. The second kappa shape index (κ2) is 6.08. The number of Topliss-reactive ketones (excluding diaryl/α,β-unsaturated/α-hetero) is 1. The minimum Gasteiger partial charge on any atom is -0.340 e. The van der Waals surface area contributed by atoms with E-state index in [1.807, 2.05) is 24.3 Å². The Morgan fingerprint density at radius 1 is 1.17 bits per heavy atom.